The molecule has 4 fully saturated rings. The maximum Gasteiger partial charge on any atom is 0.254 e. The van der Waals surface area contributed by atoms with E-state index in [1.54, 1.807) is 25.0 Å². The van der Waals surface area contributed by atoms with Crippen LogP contribution < -0.4 is 19.5 Å². The zero-order valence-electron chi connectivity index (χ0n) is 41.3. The van der Waals surface area contributed by atoms with E-state index in [2.05, 4.69) is 35.7 Å². The highest BCUT2D eigenvalue weighted by atomic mass is 32.2. The molecule has 0 unspecified atom stereocenters. The summed E-state index contributed by atoms with van der Waals surface area (Å²) in [4.78, 5) is 74.3. The molecule has 0 bridgehead atoms. The molecule has 5 heterocycles. The van der Waals surface area contributed by atoms with Crippen molar-refractivity contribution in [3.8, 4) is 22.2 Å². The van der Waals surface area contributed by atoms with Gasteiger partial charge in [0.25, 0.3) is 5.91 Å². The number of methoxy groups -OCH3 is 1. The molecule has 2 saturated heterocycles. The van der Waals surface area contributed by atoms with Gasteiger partial charge < -0.3 is 29.5 Å². The van der Waals surface area contributed by atoms with Gasteiger partial charge in [-0.05, 0) is 101 Å². The number of benzene rings is 2. The number of amides is 3. The lowest BCUT2D eigenvalue weighted by molar-refractivity contribution is -0.139. The smallest absolute Gasteiger partial charge is 0.254 e. The van der Waals surface area contributed by atoms with Crippen LogP contribution in [-0.4, -0.2) is 126 Å². The van der Waals surface area contributed by atoms with E-state index in [4.69, 9.17) is 19.4 Å². The third-order valence-corrected chi connectivity index (χ3v) is 18.4. The van der Waals surface area contributed by atoms with Crippen LogP contribution in [0, 0.1) is 18.3 Å². The number of ether oxygens (including phenoxy) is 2. The Kier molecular flexibility index (Phi) is 14.2. The highest BCUT2D eigenvalue weighted by molar-refractivity contribution is 7.91. The number of rotatable bonds is 12. The van der Waals surface area contributed by atoms with Crippen molar-refractivity contribution in [1.29, 1.82) is 0 Å². The van der Waals surface area contributed by atoms with Gasteiger partial charge in [0.1, 0.15) is 34.3 Å². The Hall–Kier alpha value is -5.39. The third-order valence-electron chi connectivity index (χ3n) is 15.4. The number of aryl methyl sites for hydroxylation is 1. The molecular weight excluding hydrogens is 927 g/mol. The molecule has 2 aliphatic carbocycles. The minimum Gasteiger partial charge on any atom is -0.496 e. The van der Waals surface area contributed by atoms with E-state index in [1.165, 1.54) is 11.3 Å². The molecule has 4 aromatic rings. The molecule has 0 spiro atoms. The molecular formula is C53H67N7O8S2. The molecule has 15 nitrogen and oxygen atoms in total. The molecule has 2 saturated carbocycles. The lowest BCUT2D eigenvalue weighted by atomic mass is 9.91. The number of carbonyl (C=O) groups excluding carboxylic acids is 4. The predicted octanol–water partition coefficient (Wildman–Crippen LogP) is 7.89. The fraction of sp³-hybridized carbons (Fsp3) is 0.547. The molecule has 0 radical (unpaired) electrons. The second-order valence-electron chi connectivity index (χ2n) is 20.6. The van der Waals surface area contributed by atoms with E-state index in [0.29, 0.717) is 72.7 Å². The highest BCUT2D eigenvalue weighted by Crippen LogP contribution is 2.58. The number of sulfonamides is 1. The van der Waals surface area contributed by atoms with Gasteiger partial charge in [-0.1, -0.05) is 51.8 Å². The van der Waals surface area contributed by atoms with Gasteiger partial charge in [0.2, 0.25) is 21.8 Å². The van der Waals surface area contributed by atoms with Crippen LogP contribution in [0.15, 0.2) is 60.0 Å². The number of Topliss-reactive ketones (excluding diaryl/α,β-unsaturated/α-hetero) is 1. The van der Waals surface area contributed by atoms with Crippen molar-refractivity contribution >= 4 is 61.5 Å². The Balaban J connectivity index is 1.05. The molecule has 374 valence electrons. The number of likely N-dealkylation sites (N-methyl/N-ethyl adjacent to an activating group) is 1. The van der Waals surface area contributed by atoms with Crippen molar-refractivity contribution in [3.05, 3.63) is 76.8 Å². The summed E-state index contributed by atoms with van der Waals surface area (Å²) < 4.78 is 40.9. The van der Waals surface area contributed by atoms with E-state index in [1.807, 2.05) is 65.8 Å². The largest absolute Gasteiger partial charge is 0.496 e. The van der Waals surface area contributed by atoms with Gasteiger partial charge in [-0.2, -0.15) is 0 Å². The van der Waals surface area contributed by atoms with Gasteiger partial charge in [-0.3, -0.25) is 23.9 Å². The Labute approximate surface area is 415 Å². The number of nitrogens with one attached hydrogen (secondary N) is 2. The van der Waals surface area contributed by atoms with E-state index < -0.39 is 44.3 Å². The third kappa shape index (κ3) is 10.1. The number of fused-ring (bicyclic) bond motifs is 3. The second kappa shape index (κ2) is 20.0. The summed E-state index contributed by atoms with van der Waals surface area (Å²) >= 11 is 1.50. The van der Waals surface area contributed by atoms with Crippen molar-refractivity contribution in [1.82, 2.24) is 29.4 Å². The van der Waals surface area contributed by atoms with Crippen LogP contribution in [0.25, 0.3) is 21.6 Å². The molecule has 5 aliphatic rings. The maximum absolute atomic E-state index is 15.3. The number of anilines is 1. The van der Waals surface area contributed by atoms with E-state index in [-0.39, 0.29) is 48.8 Å². The van der Waals surface area contributed by atoms with Crippen LogP contribution in [-0.2, 0) is 24.4 Å². The number of thiazole rings is 1. The molecule has 2 aromatic heterocycles. The summed E-state index contributed by atoms with van der Waals surface area (Å²) in [5.41, 5.74) is 2.96. The number of nitrogens with zero attached hydrogens (tertiary/aromatic N) is 5. The van der Waals surface area contributed by atoms with E-state index in [0.717, 1.165) is 67.0 Å². The Morgan fingerprint density at radius 1 is 1.00 bits per heavy atom. The van der Waals surface area contributed by atoms with Crippen LogP contribution in [0.4, 0.5) is 5.69 Å². The highest BCUT2D eigenvalue weighted by Gasteiger charge is 2.62. The number of allylic oxidation sites excluding steroid dienone is 2. The van der Waals surface area contributed by atoms with Gasteiger partial charge in [0.05, 0.1) is 41.1 Å². The quantitative estimate of drug-likeness (QED) is 0.131. The van der Waals surface area contributed by atoms with Crippen LogP contribution in [0.5, 0.6) is 11.5 Å². The number of hydrogen-bond acceptors (Lipinski definition) is 13. The summed E-state index contributed by atoms with van der Waals surface area (Å²) in [6.07, 6.45) is 8.13. The normalized spacial score (nSPS) is 25.6. The van der Waals surface area contributed by atoms with Crippen molar-refractivity contribution in [2.24, 2.45) is 11.3 Å². The molecule has 3 aliphatic heterocycles. The standard InChI is InChI=1S/C53H67N7O8S2/c1-7-58-22-24-59(25-23-58)49(62)35-14-13-16-37(26-35)54-40-17-12-10-8-9-11-15-36-29-53(36,51(64)57-70(65,66)52(5)20-21-52)30-44(61)43-27-38(31-60(43)50(40)63)68-46-28-41(48-56-42(32-69-48)33(2)3)55-47-34(4)45(67-6)19-18-39(46)47/h11,13-16,18-19,26,28,32-33,36,38,40,43,54H,7-10,12,17,20-25,27,29-31H2,1-6H3,(H,57,64)/b15-11-/t36-,38+,40-,43-,53+/m0/s1. The molecule has 17 heteroatoms. The van der Waals surface area contributed by atoms with Crippen LogP contribution in [0.3, 0.4) is 0 Å². The minimum atomic E-state index is -3.98. The van der Waals surface area contributed by atoms with Crippen molar-refractivity contribution < 1.29 is 37.1 Å². The van der Waals surface area contributed by atoms with Crippen molar-refractivity contribution in [2.75, 3.05) is 51.7 Å². The van der Waals surface area contributed by atoms with Gasteiger partial charge in [-0.25, -0.2) is 18.4 Å². The first-order valence-corrected chi connectivity index (χ1v) is 27.4. The number of carbonyl (C=O) groups is 4. The summed E-state index contributed by atoms with van der Waals surface area (Å²) in [6, 6.07) is 11.2. The zero-order valence-corrected chi connectivity index (χ0v) is 42.9. The van der Waals surface area contributed by atoms with Crippen LogP contribution in [0.2, 0.25) is 0 Å². The average molecular weight is 994 g/mol. The molecule has 9 rings (SSSR count). The van der Waals surface area contributed by atoms with Gasteiger partial charge in [0.15, 0.2) is 5.78 Å². The van der Waals surface area contributed by atoms with Gasteiger partial charge in [0, 0.05) is 72.7 Å². The summed E-state index contributed by atoms with van der Waals surface area (Å²) in [5.74, 6) is -0.253. The second-order valence-corrected chi connectivity index (χ2v) is 23.6. The fourth-order valence-electron chi connectivity index (χ4n) is 10.3. The molecule has 2 N–H and O–H groups in total. The lowest BCUT2D eigenvalue weighted by Crippen LogP contribution is -2.49. The van der Waals surface area contributed by atoms with E-state index in [9.17, 15) is 18.0 Å². The monoisotopic (exact) mass is 993 g/mol. The van der Waals surface area contributed by atoms with Gasteiger partial charge >= 0.3 is 0 Å². The summed E-state index contributed by atoms with van der Waals surface area (Å²) in [5, 5.41) is 7.00. The fourth-order valence-corrected chi connectivity index (χ4v) is 12.6. The summed E-state index contributed by atoms with van der Waals surface area (Å²) in [7, 11) is -2.36. The number of hydrogen-bond donors (Lipinski definition) is 2. The van der Waals surface area contributed by atoms with Crippen LogP contribution in [0.1, 0.15) is 119 Å². The first-order chi connectivity index (χ1) is 33.5. The van der Waals surface area contributed by atoms with Gasteiger partial charge in [-0.15, -0.1) is 11.3 Å². The Morgan fingerprint density at radius 2 is 1.79 bits per heavy atom. The molecule has 70 heavy (non-hydrogen) atoms. The number of piperazine rings is 1. The topological polar surface area (TPSA) is 180 Å². The Morgan fingerprint density at radius 3 is 2.50 bits per heavy atom. The van der Waals surface area contributed by atoms with Crippen LogP contribution >= 0.6 is 11.3 Å². The summed E-state index contributed by atoms with van der Waals surface area (Å²) in [6.45, 7) is 13.8. The minimum absolute atomic E-state index is 0.0583. The molecule has 3 amide bonds. The zero-order chi connectivity index (χ0) is 49.5. The number of aromatic nitrogens is 2. The first-order valence-electron chi connectivity index (χ1n) is 25.1. The Bertz CT molecular complexity index is 2800. The molecule has 5 atom stereocenters. The van der Waals surface area contributed by atoms with Crippen molar-refractivity contribution in [2.45, 2.75) is 128 Å². The SMILES string of the molecule is CCN1CCN(C(=O)c2cccc(N[C@H]3CCCCC/C=C\[C@H]4C[C@@]4(C(=O)NS(=O)(=O)C4(C)CC4)CC(=O)[C@@H]4C[C@@H](Oc5cc(-c6nc(C(C)C)cs6)nc6c(C)c(OC)ccc56)CN4C3=O)c2)CC1. The lowest BCUT2D eigenvalue weighted by Gasteiger charge is -2.34. The maximum atomic E-state index is 15.3. The number of ketones is 1. The molecule has 2 aromatic carbocycles. The first kappa shape index (κ1) is 49.6. The number of pyridine rings is 1. The van der Waals surface area contributed by atoms with Crippen molar-refractivity contribution in [3.63, 3.8) is 0 Å². The average Bonchev–Trinajstić information content (AvgIpc) is 4.12. The van der Waals surface area contributed by atoms with E-state index >= 15 is 9.59 Å². The predicted molar refractivity (Wildman–Crippen MR) is 272 cm³/mol.